The fourth-order valence-electron chi connectivity index (χ4n) is 2.10. The molecule has 0 aliphatic carbocycles. The summed E-state index contributed by atoms with van der Waals surface area (Å²) in [5, 5.41) is 17.6. The molecule has 3 aromatic rings. The second-order valence-corrected chi connectivity index (χ2v) is 4.05. The van der Waals surface area contributed by atoms with E-state index in [-0.39, 0.29) is 5.75 Å². The van der Waals surface area contributed by atoms with Gasteiger partial charge in [0.2, 0.25) is 0 Å². The number of aromatic nitrogens is 3. The number of nitrogens with zero attached hydrogens (tertiary/aromatic N) is 1. The second-order valence-electron chi connectivity index (χ2n) is 4.05. The average Bonchev–Trinajstić information content (AvgIpc) is 2.87. The molecule has 0 saturated heterocycles. The van der Waals surface area contributed by atoms with Gasteiger partial charge in [-0.05, 0) is 24.6 Å². The number of hydrogen-bond acceptors (Lipinski definition) is 3. The topological polar surface area (TPSA) is 90.7 Å². The van der Waals surface area contributed by atoms with Gasteiger partial charge in [-0.2, -0.15) is 5.10 Å². The van der Waals surface area contributed by atoms with Gasteiger partial charge in [-0.3, -0.25) is 5.10 Å². The van der Waals surface area contributed by atoms with Crippen molar-refractivity contribution in [2.75, 3.05) is 5.73 Å². The van der Waals surface area contributed by atoms with Crippen molar-refractivity contribution in [1.82, 2.24) is 15.2 Å². The number of fused-ring (bicyclic) bond motifs is 1. The highest BCUT2D eigenvalue weighted by Crippen LogP contribution is 2.38. The quantitative estimate of drug-likeness (QED) is 0.514. The first-order valence-electron chi connectivity index (χ1n) is 5.27. The summed E-state index contributed by atoms with van der Waals surface area (Å²) in [6, 6.07) is 3.75. The summed E-state index contributed by atoms with van der Waals surface area (Å²) in [4.78, 5) is 3.10. The number of nitrogens with one attached hydrogen (secondary N) is 2. The predicted octanol–water partition coefficient (Wildman–Crippen LogP) is 2.15. The second kappa shape index (κ2) is 3.28. The Hall–Kier alpha value is -2.43. The Kier molecular flexibility index (Phi) is 1.89. The smallest absolute Gasteiger partial charge is 0.133 e. The summed E-state index contributed by atoms with van der Waals surface area (Å²) in [7, 11) is 0. The van der Waals surface area contributed by atoms with Crippen LogP contribution in [0.2, 0.25) is 0 Å². The zero-order valence-electron chi connectivity index (χ0n) is 9.28. The number of phenolic OH excluding ortho intramolecular Hbond substituents is 1. The molecule has 0 aliphatic heterocycles. The van der Waals surface area contributed by atoms with Gasteiger partial charge in [-0.1, -0.05) is 0 Å². The van der Waals surface area contributed by atoms with Gasteiger partial charge in [0.15, 0.2) is 0 Å². The van der Waals surface area contributed by atoms with E-state index in [1.807, 2.05) is 25.3 Å². The van der Waals surface area contributed by atoms with E-state index in [1.54, 1.807) is 6.20 Å². The van der Waals surface area contributed by atoms with Crippen LogP contribution < -0.4 is 5.73 Å². The lowest BCUT2D eigenvalue weighted by atomic mass is 10.0. The molecule has 0 fully saturated rings. The van der Waals surface area contributed by atoms with Gasteiger partial charge in [-0.15, -0.1) is 0 Å². The summed E-state index contributed by atoms with van der Waals surface area (Å²) >= 11 is 0. The highest BCUT2D eigenvalue weighted by Gasteiger charge is 2.14. The summed E-state index contributed by atoms with van der Waals surface area (Å²) in [6.07, 6.45) is 3.48. The maximum Gasteiger partial charge on any atom is 0.133 e. The fraction of sp³-hybridized carbons (Fsp3) is 0.0833. The number of anilines is 1. The lowest BCUT2D eigenvalue weighted by Gasteiger charge is -2.05. The third-order valence-electron chi connectivity index (χ3n) is 2.98. The molecule has 0 aliphatic rings. The van der Waals surface area contributed by atoms with Gasteiger partial charge >= 0.3 is 0 Å². The molecule has 3 rings (SSSR count). The molecule has 0 radical (unpaired) electrons. The Labute approximate surface area is 97.3 Å². The predicted molar refractivity (Wildman–Crippen MR) is 66.7 cm³/mol. The number of nitrogen functional groups attached to an aromatic ring is 1. The minimum absolute atomic E-state index is 0.231. The molecule has 0 atom stereocenters. The Balaban J connectivity index is 2.35. The first-order chi connectivity index (χ1) is 8.18. The third kappa shape index (κ3) is 1.29. The zero-order chi connectivity index (χ0) is 12.0. The first-order valence-corrected chi connectivity index (χ1v) is 5.27. The number of hydrogen-bond donors (Lipinski definition) is 4. The van der Waals surface area contributed by atoms with Crippen LogP contribution in [0.3, 0.4) is 0 Å². The number of aryl methyl sites for hydroxylation is 1. The monoisotopic (exact) mass is 228 g/mol. The van der Waals surface area contributed by atoms with Crippen molar-refractivity contribution in [3.8, 4) is 16.9 Å². The Morgan fingerprint density at radius 1 is 1.29 bits per heavy atom. The van der Waals surface area contributed by atoms with Gasteiger partial charge in [0.1, 0.15) is 11.6 Å². The lowest BCUT2D eigenvalue weighted by molar-refractivity contribution is 0.483. The van der Waals surface area contributed by atoms with E-state index < -0.39 is 0 Å². The van der Waals surface area contributed by atoms with Gasteiger partial charge in [0.25, 0.3) is 0 Å². The van der Waals surface area contributed by atoms with Crippen LogP contribution in [0.5, 0.6) is 5.75 Å². The number of aromatic hydroxyl groups is 1. The van der Waals surface area contributed by atoms with Crippen LogP contribution in [0, 0.1) is 6.92 Å². The number of benzene rings is 1. The van der Waals surface area contributed by atoms with Gasteiger partial charge in [-0.25, -0.2) is 0 Å². The third-order valence-corrected chi connectivity index (χ3v) is 2.98. The molecule has 0 spiro atoms. The Morgan fingerprint density at radius 3 is 2.82 bits per heavy atom. The van der Waals surface area contributed by atoms with Crippen molar-refractivity contribution in [3.05, 3.63) is 30.1 Å². The molecule has 86 valence electrons. The molecule has 2 heterocycles. The summed E-state index contributed by atoms with van der Waals surface area (Å²) in [5.41, 5.74) is 9.07. The SMILES string of the molecule is Cc1c[nH]c2ccc(-c3cn[nH]c3N)c(O)c12. The van der Waals surface area contributed by atoms with E-state index in [9.17, 15) is 5.11 Å². The maximum atomic E-state index is 10.3. The molecule has 2 aromatic heterocycles. The lowest BCUT2D eigenvalue weighted by Crippen LogP contribution is -1.88. The maximum absolute atomic E-state index is 10.3. The molecule has 5 heteroatoms. The molecule has 0 bridgehead atoms. The molecule has 5 N–H and O–H groups in total. The van der Waals surface area contributed by atoms with E-state index in [4.69, 9.17) is 5.73 Å². The molecule has 0 unspecified atom stereocenters. The van der Waals surface area contributed by atoms with Crippen molar-refractivity contribution in [3.63, 3.8) is 0 Å². The van der Waals surface area contributed by atoms with Crippen molar-refractivity contribution < 1.29 is 5.11 Å². The van der Waals surface area contributed by atoms with Crippen LogP contribution >= 0.6 is 0 Å². The van der Waals surface area contributed by atoms with Crippen molar-refractivity contribution in [2.45, 2.75) is 6.92 Å². The van der Waals surface area contributed by atoms with E-state index in [2.05, 4.69) is 15.2 Å². The van der Waals surface area contributed by atoms with Crippen molar-refractivity contribution in [2.24, 2.45) is 0 Å². The average molecular weight is 228 g/mol. The molecule has 17 heavy (non-hydrogen) atoms. The zero-order valence-corrected chi connectivity index (χ0v) is 9.28. The van der Waals surface area contributed by atoms with Crippen LogP contribution in [0.4, 0.5) is 5.82 Å². The summed E-state index contributed by atoms with van der Waals surface area (Å²) in [5.74, 6) is 0.683. The minimum atomic E-state index is 0.231. The van der Waals surface area contributed by atoms with Gasteiger partial charge < -0.3 is 15.8 Å². The molecular formula is C12H12N4O. The minimum Gasteiger partial charge on any atom is -0.507 e. The van der Waals surface area contributed by atoms with Gasteiger partial charge in [0, 0.05) is 28.2 Å². The number of H-pyrrole nitrogens is 2. The Bertz CT molecular complexity index is 696. The van der Waals surface area contributed by atoms with E-state index in [0.29, 0.717) is 16.9 Å². The van der Waals surface area contributed by atoms with E-state index in [0.717, 1.165) is 16.5 Å². The highest BCUT2D eigenvalue weighted by atomic mass is 16.3. The fourth-order valence-corrected chi connectivity index (χ4v) is 2.10. The number of aromatic amines is 2. The van der Waals surface area contributed by atoms with Crippen LogP contribution in [-0.2, 0) is 0 Å². The normalized spacial score (nSPS) is 11.1. The molecule has 1 aromatic carbocycles. The number of rotatable bonds is 1. The largest absolute Gasteiger partial charge is 0.507 e. The van der Waals surface area contributed by atoms with E-state index in [1.165, 1.54) is 0 Å². The number of nitrogens with two attached hydrogens (primary N) is 1. The Morgan fingerprint density at radius 2 is 2.12 bits per heavy atom. The van der Waals surface area contributed by atoms with Crippen LogP contribution in [0.1, 0.15) is 5.56 Å². The standard InChI is InChI=1S/C12H12N4O/c1-6-4-14-9-3-2-7(11(17)10(6)9)8-5-15-16-12(8)13/h2-5,14,17H,1H3,(H3,13,15,16). The summed E-state index contributed by atoms with van der Waals surface area (Å²) in [6.45, 7) is 1.95. The van der Waals surface area contributed by atoms with Crippen LogP contribution in [0.25, 0.3) is 22.0 Å². The van der Waals surface area contributed by atoms with Crippen molar-refractivity contribution in [1.29, 1.82) is 0 Å². The molecule has 0 saturated carbocycles. The summed E-state index contributed by atoms with van der Waals surface area (Å²) < 4.78 is 0. The highest BCUT2D eigenvalue weighted by molar-refractivity contribution is 5.96. The number of phenols is 1. The van der Waals surface area contributed by atoms with Gasteiger partial charge in [0.05, 0.1) is 6.20 Å². The molecule has 0 amide bonds. The van der Waals surface area contributed by atoms with E-state index >= 15 is 0 Å². The molecular weight excluding hydrogens is 216 g/mol. The van der Waals surface area contributed by atoms with Crippen LogP contribution in [-0.4, -0.2) is 20.3 Å². The first kappa shape index (κ1) is 9.77. The molecule has 5 nitrogen and oxygen atoms in total. The van der Waals surface area contributed by atoms with Crippen LogP contribution in [0.15, 0.2) is 24.5 Å². The van der Waals surface area contributed by atoms with Crippen molar-refractivity contribution >= 4 is 16.7 Å².